The number of alkyl halides is 3. The molecule has 1 saturated heterocycles. The number of piperazine rings is 1. The summed E-state index contributed by atoms with van der Waals surface area (Å²) in [5, 5.41) is 0.927. The number of hydrogen-bond acceptors (Lipinski definition) is 5. The second-order valence-corrected chi connectivity index (χ2v) is 12.7. The number of ether oxygens (including phenoxy) is 1. The third kappa shape index (κ3) is 6.38. The molecule has 9 heteroatoms. The minimum absolute atomic E-state index is 0.101. The van der Waals surface area contributed by atoms with Crippen LogP contribution in [0.1, 0.15) is 60.2 Å². The SMILES string of the molecule is Cc1cc(C(F)(F)F)ccc1C1=C(CN2CCN(c3ccc(C=O)c(Oc4cnc5[nH]ccc5c4)c3)CC2)CCC(C)(C)C1. The van der Waals surface area contributed by atoms with Crippen molar-refractivity contribution in [2.45, 2.75) is 46.2 Å². The van der Waals surface area contributed by atoms with Crippen LogP contribution < -0.4 is 9.64 Å². The maximum Gasteiger partial charge on any atom is 0.416 e. The molecule has 1 N–H and O–H groups in total. The molecule has 4 aromatic rings. The van der Waals surface area contributed by atoms with Gasteiger partial charge in [0.05, 0.1) is 17.3 Å². The summed E-state index contributed by atoms with van der Waals surface area (Å²) >= 11 is 0. The van der Waals surface area contributed by atoms with Crippen LogP contribution in [0.5, 0.6) is 11.5 Å². The van der Waals surface area contributed by atoms with Crippen molar-refractivity contribution < 1.29 is 22.7 Å². The van der Waals surface area contributed by atoms with Crippen LogP contribution in [-0.4, -0.2) is 53.9 Å². The van der Waals surface area contributed by atoms with Gasteiger partial charge in [0.1, 0.15) is 17.1 Å². The third-order valence-corrected chi connectivity index (χ3v) is 8.94. The fourth-order valence-corrected chi connectivity index (χ4v) is 6.41. The molecule has 6 rings (SSSR count). The van der Waals surface area contributed by atoms with Gasteiger partial charge in [-0.25, -0.2) is 4.98 Å². The monoisotopic (exact) mass is 602 g/mol. The van der Waals surface area contributed by atoms with E-state index >= 15 is 0 Å². The van der Waals surface area contributed by atoms with Crippen LogP contribution in [0.15, 0.2) is 66.5 Å². The zero-order valence-electron chi connectivity index (χ0n) is 25.3. The third-order valence-electron chi connectivity index (χ3n) is 8.94. The highest BCUT2D eigenvalue weighted by Gasteiger charge is 2.33. The van der Waals surface area contributed by atoms with Crippen LogP contribution in [-0.2, 0) is 6.18 Å². The topological polar surface area (TPSA) is 61.5 Å². The van der Waals surface area contributed by atoms with Crippen LogP contribution in [0.2, 0.25) is 0 Å². The number of aryl methyl sites for hydroxylation is 1. The van der Waals surface area contributed by atoms with E-state index in [0.717, 1.165) is 80.6 Å². The molecule has 0 unspecified atom stereocenters. The van der Waals surface area contributed by atoms with Gasteiger partial charge in [-0.2, -0.15) is 13.2 Å². The Morgan fingerprint density at radius 2 is 1.84 bits per heavy atom. The molecular weight excluding hydrogens is 565 g/mol. The summed E-state index contributed by atoms with van der Waals surface area (Å²) in [7, 11) is 0. The lowest BCUT2D eigenvalue weighted by Gasteiger charge is -2.39. The molecule has 0 radical (unpaired) electrons. The maximum atomic E-state index is 13.4. The summed E-state index contributed by atoms with van der Waals surface area (Å²) in [5.74, 6) is 1.05. The Bertz CT molecular complexity index is 1710. The first-order valence-corrected chi connectivity index (χ1v) is 15.1. The number of carbonyl (C=O) groups excluding carboxylic acids is 1. The van der Waals surface area contributed by atoms with Gasteiger partial charge in [-0.15, -0.1) is 0 Å². The van der Waals surface area contributed by atoms with E-state index in [4.69, 9.17) is 4.74 Å². The molecule has 0 bridgehead atoms. The molecule has 230 valence electrons. The van der Waals surface area contributed by atoms with Crippen LogP contribution in [0.3, 0.4) is 0 Å². The number of allylic oxidation sites excluding steroid dienone is 1. The molecule has 1 fully saturated rings. The second kappa shape index (κ2) is 11.8. The van der Waals surface area contributed by atoms with E-state index in [2.05, 4.69) is 33.6 Å². The van der Waals surface area contributed by atoms with Gasteiger partial charge in [-0.3, -0.25) is 9.69 Å². The molecule has 0 amide bonds. The fraction of sp³-hybridized carbons (Fsp3) is 0.371. The van der Waals surface area contributed by atoms with E-state index in [0.29, 0.717) is 22.6 Å². The van der Waals surface area contributed by atoms with Crippen molar-refractivity contribution >= 4 is 28.6 Å². The van der Waals surface area contributed by atoms with E-state index in [1.807, 2.05) is 30.5 Å². The molecule has 0 atom stereocenters. The minimum atomic E-state index is -4.35. The molecular formula is C35H37F3N4O2. The van der Waals surface area contributed by atoms with Crippen molar-refractivity contribution in [3.63, 3.8) is 0 Å². The molecule has 0 spiro atoms. The number of hydrogen-bond donors (Lipinski definition) is 1. The Morgan fingerprint density at radius 1 is 1.05 bits per heavy atom. The van der Waals surface area contributed by atoms with E-state index < -0.39 is 11.7 Å². The Balaban J connectivity index is 1.17. The normalized spacial score (nSPS) is 17.7. The molecule has 0 saturated carbocycles. The number of halogens is 3. The summed E-state index contributed by atoms with van der Waals surface area (Å²) in [6.45, 7) is 10.4. The molecule has 2 aliphatic rings. The van der Waals surface area contributed by atoms with E-state index in [9.17, 15) is 18.0 Å². The molecule has 3 heterocycles. The van der Waals surface area contributed by atoms with Crippen molar-refractivity contribution in [2.24, 2.45) is 5.41 Å². The first-order valence-electron chi connectivity index (χ1n) is 15.1. The fourth-order valence-electron chi connectivity index (χ4n) is 6.41. The number of benzene rings is 2. The zero-order chi connectivity index (χ0) is 31.1. The highest BCUT2D eigenvalue weighted by molar-refractivity contribution is 5.82. The largest absolute Gasteiger partial charge is 0.455 e. The highest BCUT2D eigenvalue weighted by atomic mass is 19.4. The number of nitrogens with zero attached hydrogens (tertiary/aromatic N) is 3. The Hall–Kier alpha value is -4.11. The summed E-state index contributed by atoms with van der Waals surface area (Å²) in [4.78, 5) is 24.0. The quantitative estimate of drug-likeness (QED) is 0.216. The van der Waals surface area contributed by atoms with Gasteiger partial charge in [0.15, 0.2) is 6.29 Å². The van der Waals surface area contributed by atoms with Gasteiger partial charge in [-0.05, 0) is 84.7 Å². The van der Waals surface area contributed by atoms with Crippen LogP contribution in [0, 0.1) is 12.3 Å². The van der Waals surface area contributed by atoms with Gasteiger partial charge >= 0.3 is 6.18 Å². The smallest absolute Gasteiger partial charge is 0.416 e. The van der Waals surface area contributed by atoms with Gasteiger partial charge < -0.3 is 14.6 Å². The Kier molecular flexibility index (Phi) is 8.01. The number of rotatable bonds is 7. The molecule has 2 aromatic heterocycles. The summed E-state index contributed by atoms with van der Waals surface area (Å²) in [6.07, 6.45) is 2.77. The highest BCUT2D eigenvalue weighted by Crippen LogP contribution is 2.44. The average Bonchev–Trinajstić information content (AvgIpc) is 3.46. The minimum Gasteiger partial charge on any atom is -0.455 e. The van der Waals surface area contributed by atoms with Crippen molar-refractivity contribution in [1.29, 1.82) is 0 Å². The predicted octanol–water partition coefficient (Wildman–Crippen LogP) is 8.28. The number of H-pyrrole nitrogens is 1. The van der Waals surface area contributed by atoms with Crippen LogP contribution in [0.25, 0.3) is 16.6 Å². The van der Waals surface area contributed by atoms with Crippen molar-refractivity contribution in [1.82, 2.24) is 14.9 Å². The Labute approximate surface area is 255 Å². The average molecular weight is 603 g/mol. The van der Waals surface area contributed by atoms with Gasteiger partial charge in [-0.1, -0.05) is 25.5 Å². The number of aldehydes is 1. The number of fused-ring (bicyclic) bond motifs is 1. The number of nitrogens with one attached hydrogen (secondary N) is 1. The maximum absolute atomic E-state index is 13.4. The lowest BCUT2D eigenvalue weighted by molar-refractivity contribution is -0.137. The lowest BCUT2D eigenvalue weighted by Crippen LogP contribution is -2.47. The van der Waals surface area contributed by atoms with Gasteiger partial charge in [0, 0.05) is 56.1 Å². The number of anilines is 1. The molecule has 44 heavy (non-hydrogen) atoms. The standard InChI is InChI=1S/C35H37F3N4O2/c1-23-16-27(35(36,37)38)5-7-30(23)31-19-34(2,3)10-8-25(31)21-41-12-14-42(15-13-41)28-6-4-26(22-43)32(18-28)44-29-17-24-9-11-39-33(24)40-20-29/h4-7,9,11,16-18,20,22H,8,10,12-15,19,21H2,1-3H3,(H,39,40). The van der Waals surface area contributed by atoms with E-state index in [1.54, 1.807) is 25.3 Å². The first-order chi connectivity index (χ1) is 21.0. The molecule has 2 aromatic carbocycles. The zero-order valence-corrected chi connectivity index (χ0v) is 25.3. The summed E-state index contributed by atoms with van der Waals surface area (Å²) < 4.78 is 46.2. The molecule has 6 nitrogen and oxygen atoms in total. The van der Waals surface area contributed by atoms with Crippen LogP contribution in [0.4, 0.5) is 18.9 Å². The molecule has 1 aliphatic carbocycles. The van der Waals surface area contributed by atoms with Crippen LogP contribution >= 0.6 is 0 Å². The Morgan fingerprint density at radius 3 is 2.57 bits per heavy atom. The number of carbonyl (C=O) groups is 1. The first kappa shape index (κ1) is 29.9. The number of aromatic nitrogens is 2. The number of pyridine rings is 1. The van der Waals surface area contributed by atoms with Crippen molar-refractivity contribution in [3.05, 3.63) is 88.8 Å². The number of aromatic amines is 1. The molecule has 1 aliphatic heterocycles. The van der Waals surface area contributed by atoms with E-state index in [1.165, 1.54) is 23.3 Å². The summed E-state index contributed by atoms with van der Waals surface area (Å²) in [6, 6.07) is 13.6. The van der Waals surface area contributed by atoms with Gasteiger partial charge in [0.2, 0.25) is 0 Å². The van der Waals surface area contributed by atoms with Crippen molar-refractivity contribution in [3.8, 4) is 11.5 Å². The summed E-state index contributed by atoms with van der Waals surface area (Å²) in [5.41, 5.74) is 5.88. The van der Waals surface area contributed by atoms with E-state index in [-0.39, 0.29) is 5.41 Å². The predicted molar refractivity (Wildman–Crippen MR) is 167 cm³/mol. The van der Waals surface area contributed by atoms with Gasteiger partial charge in [0.25, 0.3) is 0 Å². The second-order valence-electron chi connectivity index (χ2n) is 12.7. The van der Waals surface area contributed by atoms with Crippen molar-refractivity contribution in [2.75, 3.05) is 37.6 Å². The lowest BCUT2D eigenvalue weighted by atomic mass is 9.72.